The number of halogens is 1. The smallest absolute Gasteiger partial charge is 0.311 e. The maximum atomic E-state index is 11.9. The van der Waals surface area contributed by atoms with Gasteiger partial charge in [-0.3, -0.25) is 9.59 Å². The van der Waals surface area contributed by atoms with Crippen LogP contribution in [0.1, 0.15) is 30.6 Å². The summed E-state index contributed by atoms with van der Waals surface area (Å²) in [6, 6.07) is 4.85. The van der Waals surface area contributed by atoms with E-state index in [4.69, 9.17) is 10.8 Å². The summed E-state index contributed by atoms with van der Waals surface area (Å²) in [7, 11) is 0. The Balaban J connectivity index is 2.75. The molecule has 1 aromatic carbocycles. The number of carbonyl (C=O) groups excluding carboxylic acids is 1. The fourth-order valence-electron chi connectivity index (χ4n) is 1.41. The lowest BCUT2D eigenvalue weighted by molar-refractivity contribution is -0.147. The third kappa shape index (κ3) is 3.70. The molecule has 104 valence electrons. The molecule has 0 spiro atoms. The van der Waals surface area contributed by atoms with Gasteiger partial charge in [-0.2, -0.15) is 0 Å². The monoisotopic (exact) mass is 328 g/mol. The number of carboxylic acids is 1. The van der Waals surface area contributed by atoms with Crippen molar-refractivity contribution in [2.24, 2.45) is 5.41 Å². The molecule has 0 bridgehead atoms. The molecule has 1 amide bonds. The summed E-state index contributed by atoms with van der Waals surface area (Å²) < 4.78 is 0.716. The van der Waals surface area contributed by atoms with Crippen molar-refractivity contribution in [1.82, 2.24) is 5.32 Å². The van der Waals surface area contributed by atoms with E-state index in [1.54, 1.807) is 32.0 Å². The molecule has 0 radical (unpaired) electrons. The first-order chi connectivity index (χ1) is 8.80. The predicted molar refractivity (Wildman–Crippen MR) is 76.9 cm³/mol. The summed E-state index contributed by atoms with van der Waals surface area (Å²) in [4.78, 5) is 23.0. The zero-order valence-corrected chi connectivity index (χ0v) is 12.5. The highest BCUT2D eigenvalue weighted by Crippen LogP contribution is 2.22. The van der Waals surface area contributed by atoms with Crippen LogP contribution in [0.5, 0.6) is 0 Å². The molecule has 1 unspecified atom stereocenters. The van der Waals surface area contributed by atoms with Crippen molar-refractivity contribution in [3.8, 4) is 0 Å². The standard InChI is InChI=1S/C13H17BrN2O3/c1-3-13(2,12(18)19)7-16-11(17)8-4-5-9(14)10(15)6-8/h4-6H,3,7,15H2,1-2H3,(H,16,17)(H,18,19). The van der Waals surface area contributed by atoms with Crippen molar-refractivity contribution in [1.29, 1.82) is 0 Å². The van der Waals surface area contributed by atoms with Gasteiger partial charge in [0, 0.05) is 22.3 Å². The minimum absolute atomic E-state index is 0.0770. The quantitative estimate of drug-likeness (QED) is 0.723. The van der Waals surface area contributed by atoms with Crippen molar-refractivity contribution in [3.05, 3.63) is 28.2 Å². The van der Waals surface area contributed by atoms with E-state index in [9.17, 15) is 9.59 Å². The number of carbonyl (C=O) groups is 2. The Morgan fingerprint density at radius 3 is 2.58 bits per heavy atom. The lowest BCUT2D eigenvalue weighted by Crippen LogP contribution is -2.40. The predicted octanol–water partition coefficient (Wildman–Crippen LogP) is 2.26. The number of amides is 1. The Bertz CT molecular complexity index is 505. The van der Waals surface area contributed by atoms with Crippen molar-refractivity contribution >= 4 is 33.5 Å². The summed E-state index contributed by atoms with van der Waals surface area (Å²) in [5, 5.41) is 11.7. The highest BCUT2D eigenvalue weighted by Gasteiger charge is 2.31. The van der Waals surface area contributed by atoms with Crippen LogP contribution in [0.25, 0.3) is 0 Å². The number of nitrogens with two attached hydrogens (primary N) is 1. The Morgan fingerprint density at radius 1 is 1.47 bits per heavy atom. The van der Waals surface area contributed by atoms with Crippen LogP contribution in [0.3, 0.4) is 0 Å². The van der Waals surface area contributed by atoms with Gasteiger partial charge < -0.3 is 16.2 Å². The zero-order chi connectivity index (χ0) is 14.6. The summed E-state index contributed by atoms with van der Waals surface area (Å²) in [6.07, 6.45) is 0.436. The van der Waals surface area contributed by atoms with E-state index in [2.05, 4.69) is 21.2 Å². The number of nitrogens with one attached hydrogen (secondary N) is 1. The molecule has 1 aromatic rings. The summed E-state index contributed by atoms with van der Waals surface area (Å²) in [6.45, 7) is 3.46. The molecule has 1 atom stereocenters. The number of nitrogen functional groups attached to an aromatic ring is 1. The van der Waals surface area contributed by atoms with Gasteiger partial charge in [-0.15, -0.1) is 0 Å². The topological polar surface area (TPSA) is 92.4 Å². The number of hydrogen-bond acceptors (Lipinski definition) is 3. The van der Waals surface area contributed by atoms with Gasteiger partial charge in [0.1, 0.15) is 0 Å². The number of carboxylic acid groups (broad SMARTS) is 1. The van der Waals surface area contributed by atoms with E-state index in [1.165, 1.54) is 0 Å². The third-order valence-electron chi connectivity index (χ3n) is 3.19. The Kier molecular flexibility index (Phi) is 4.94. The highest BCUT2D eigenvalue weighted by molar-refractivity contribution is 9.10. The van der Waals surface area contributed by atoms with E-state index in [0.29, 0.717) is 22.1 Å². The van der Waals surface area contributed by atoms with Gasteiger partial charge in [-0.05, 0) is 47.5 Å². The van der Waals surface area contributed by atoms with E-state index in [-0.39, 0.29) is 12.5 Å². The minimum Gasteiger partial charge on any atom is -0.481 e. The fourth-order valence-corrected chi connectivity index (χ4v) is 1.66. The van der Waals surface area contributed by atoms with Gasteiger partial charge in [0.15, 0.2) is 0 Å². The second kappa shape index (κ2) is 6.06. The molecule has 4 N–H and O–H groups in total. The average molecular weight is 329 g/mol. The highest BCUT2D eigenvalue weighted by atomic mass is 79.9. The van der Waals surface area contributed by atoms with Crippen molar-refractivity contribution in [2.45, 2.75) is 20.3 Å². The van der Waals surface area contributed by atoms with Crippen LogP contribution in [0.4, 0.5) is 5.69 Å². The molecule has 19 heavy (non-hydrogen) atoms. The Labute approximate surface area is 120 Å². The molecule has 1 rings (SSSR count). The maximum absolute atomic E-state index is 11.9. The number of aliphatic carboxylic acids is 1. The first-order valence-electron chi connectivity index (χ1n) is 5.87. The fraction of sp³-hybridized carbons (Fsp3) is 0.385. The normalized spacial score (nSPS) is 13.6. The second-order valence-electron chi connectivity index (χ2n) is 4.64. The average Bonchev–Trinajstić information content (AvgIpc) is 2.38. The lowest BCUT2D eigenvalue weighted by Gasteiger charge is -2.23. The maximum Gasteiger partial charge on any atom is 0.311 e. The van der Waals surface area contributed by atoms with Crippen LogP contribution in [-0.4, -0.2) is 23.5 Å². The molecule has 0 aliphatic heterocycles. The number of anilines is 1. The first-order valence-corrected chi connectivity index (χ1v) is 6.66. The second-order valence-corrected chi connectivity index (χ2v) is 5.49. The third-order valence-corrected chi connectivity index (χ3v) is 3.92. The molecule has 0 saturated carbocycles. The minimum atomic E-state index is -0.962. The summed E-state index contributed by atoms with van der Waals surface area (Å²) in [5.74, 6) is -1.26. The lowest BCUT2D eigenvalue weighted by atomic mass is 9.87. The molecule has 0 aliphatic rings. The molecule has 0 aliphatic carbocycles. The first kappa shape index (κ1) is 15.5. The van der Waals surface area contributed by atoms with E-state index in [0.717, 1.165) is 0 Å². The van der Waals surface area contributed by atoms with Crippen LogP contribution in [0, 0.1) is 5.41 Å². The van der Waals surface area contributed by atoms with Crippen LogP contribution < -0.4 is 11.1 Å². The molecule has 5 nitrogen and oxygen atoms in total. The van der Waals surface area contributed by atoms with Crippen molar-refractivity contribution in [2.75, 3.05) is 12.3 Å². The molecule has 0 fully saturated rings. The number of hydrogen-bond donors (Lipinski definition) is 3. The molecule has 0 saturated heterocycles. The zero-order valence-electron chi connectivity index (χ0n) is 10.9. The van der Waals surface area contributed by atoms with Gasteiger partial charge in [0.25, 0.3) is 5.91 Å². The van der Waals surface area contributed by atoms with Crippen molar-refractivity contribution in [3.63, 3.8) is 0 Å². The molecule has 0 aromatic heterocycles. The Morgan fingerprint density at radius 2 is 2.11 bits per heavy atom. The van der Waals surface area contributed by atoms with E-state index in [1.807, 2.05) is 0 Å². The summed E-state index contributed by atoms with van der Waals surface area (Å²) >= 11 is 3.25. The van der Waals surface area contributed by atoms with Gasteiger partial charge in [-0.1, -0.05) is 6.92 Å². The van der Waals surface area contributed by atoms with Crippen LogP contribution in [0.15, 0.2) is 22.7 Å². The number of rotatable bonds is 5. The van der Waals surface area contributed by atoms with Gasteiger partial charge >= 0.3 is 5.97 Å². The van der Waals surface area contributed by atoms with Crippen LogP contribution in [0.2, 0.25) is 0 Å². The van der Waals surface area contributed by atoms with Gasteiger partial charge in [0.05, 0.1) is 5.41 Å². The SMILES string of the molecule is CCC(C)(CNC(=O)c1ccc(Br)c(N)c1)C(=O)O. The molecular weight excluding hydrogens is 312 g/mol. The van der Waals surface area contributed by atoms with Crippen molar-refractivity contribution < 1.29 is 14.7 Å². The summed E-state index contributed by atoms with van der Waals surface area (Å²) in [5.41, 5.74) is 5.60. The largest absolute Gasteiger partial charge is 0.481 e. The molecule has 0 heterocycles. The van der Waals surface area contributed by atoms with Gasteiger partial charge in [0.2, 0.25) is 0 Å². The van der Waals surface area contributed by atoms with Crippen LogP contribution >= 0.6 is 15.9 Å². The van der Waals surface area contributed by atoms with E-state index >= 15 is 0 Å². The van der Waals surface area contributed by atoms with Gasteiger partial charge in [-0.25, -0.2) is 0 Å². The number of benzene rings is 1. The van der Waals surface area contributed by atoms with Crippen LogP contribution in [-0.2, 0) is 4.79 Å². The molecular formula is C13H17BrN2O3. The Hall–Kier alpha value is -1.56. The molecule has 6 heteroatoms. The van der Waals surface area contributed by atoms with E-state index < -0.39 is 11.4 Å².